The van der Waals surface area contributed by atoms with E-state index in [0.29, 0.717) is 10.7 Å². The van der Waals surface area contributed by atoms with E-state index in [1.807, 2.05) is 18.2 Å². The largest absolute Gasteiger partial charge is 0.465 e. The molecular weight excluding hydrogens is 382 g/mol. The third-order valence-corrected chi connectivity index (χ3v) is 4.88. The standard InChI is InChI=1S/C19H19N3O5S/c1-3-27-19(25)14-11-15(22(21-14)12-7-5-4-6-8-12)16(23)20-17-13(9-10-28-17)18(24)26-2/h4-10,15H,3,11H2,1-2H3,(H,20,23). The molecule has 0 saturated carbocycles. The second kappa shape index (κ2) is 8.66. The second-order valence-corrected chi connectivity index (χ2v) is 6.73. The number of methoxy groups -OCH3 is 1. The van der Waals surface area contributed by atoms with Gasteiger partial charge >= 0.3 is 11.9 Å². The van der Waals surface area contributed by atoms with Crippen molar-refractivity contribution in [1.82, 2.24) is 0 Å². The average molecular weight is 401 g/mol. The molecule has 0 fully saturated rings. The lowest BCUT2D eigenvalue weighted by atomic mass is 10.1. The third-order valence-electron chi connectivity index (χ3n) is 4.05. The lowest BCUT2D eigenvalue weighted by molar-refractivity contribution is -0.135. The lowest BCUT2D eigenvalue weighted by Crippen LogP contribution is -2.39. The molecule has 1 aromatic heterocycles. The Morgan fingerprint density at radius 3 is 2.64 bits per heavy atom. The Hall–Kier alpha value is -3.20. The number of esters is 2. The van der Waals surface area contributed by atoms with Crippen LogP contribution in [-0.2, 0) is 19.1 Å². The fourth-order valence-corrected chi connectivity index (χ4v) is 3.52. The van der Waals surface area contributed by atoms with E-state index in [1.165, 1.54) is 23.5 Å². The van der Waals surface area contributed by atoms with Crippen molar-refractivity contribution in [1.29, 1.82) is 0 Å². The first kappa shape index (κ1) is 19.6. The van der Waals surface area contributed by atoms with Crippen LogP contribution >= 0.6 is 11.3 Å². The summed E-state index contributed by atoms with van der Waals surface area (Å²) in [5, 5.41) is 10.6. The van der Waals surface area contributed by atoms with Gasteiger partial charge in [-0.1, -0.05) is 18.2 Å². The first-order valence-electron chi connectivity index (χ1n) is 8.60. The molecule has 1 atom stereocenters. The minimum Gasteiger partial charge on any atom is -0.465 e. The van der Waals surface area contributed by atoms with E-state index in [0.717, 1.165) is 0 Å². The van der Waals surface area contributed by atoms with Crippen molar-refractivity contribution in [3.63, 3.8) is 0 Å². The molecule has 0 spiro atoms. The normalized spacial score (nSPS) is 15.7. The van der Waals surface area contributed by atoms with E-state index >= 15 is 0 Å². The number of anilines is 2. The number of thiophene rings is 1. The van der Waals surface area contributed by atoms with Crippen LogP contribution in [0.15, 0.2) is 46.9 Å². The number of hydrogen-bond donors (Lipinski definition) is 1. The van der Waals surface area contributed by atoms with E-state index < -0.39 is 18.0 Å². The van der Waals surface area contributed by atoms with Crippen LogP contribution in [0.3, 0.4) is 0 Å². The molecule has 2 aromatic rings. The summed E-state index contributed by atoms with van der Waals surface area (Å²) >= 11 is 1.21. The molecule has 1 aliphatic rings. The smallest absolute Gasteiger partial charge is 0.354 e. The molecule has 146 valence electrons. The maximum absolute atomic E-state index is 13.0. The Bertz CT molecular complexity index is 909. The summed E-state index contributed by atoms with van der Waals surface area (Å²) in [6.07, 6.45) is 0.0957. The zero-order valence-electron chi connectivity index (χ0n) is 15.4. The van der Waals surface area contributed by atoms with Crippen LogP contribution in [0.25, 0.3) is 0 Å². The highest BCUT2D eigenvalue weighted by Gasteiger charge is 2.37. The Labute approximate surface area is 165 Å². The number of carbonyl (C=O) groups is 3. The summed E-state index contributed by atoms with van der Waals surface area (Å²) in [6, 6.07) is 9.89. The van der Waals surface area contributed by atoms with Gasteiger partial charge in [0, 0.05) is 6.42 Å². The van der Waals surface area contributed by atoms with E-state index in [1.54, 1.807) is 30.5 Å². The molecular formula is C19H19N3O5S. The number of hydrazone groups is 1. The summed E-state index contributed by atoms with van der Waals surface area (Å²) in [5.74, 6) is -1.48. The number of rotatable bonds is 6. The van der Waals surface area contributed by atoms with Gasteiger partial charge in [0.1, 0.15) is 16.8 Å². The van der Waals surface area contributed by atoms with Crippen molar-refractivity contribution in [3.8, 4) is 0 Å². The summed E-state index contributed by atoms with van der Waals surface area (Å²) in [6.45, 7) is 1.93. The molecule has 0 saturated heterocycles. The molecule has 0 bridgehead atoms. The first-order valence-corrected chi connectivity index (χ1v) is 9.48. The van der Waals surface area contributed by atoms with E-state index in [-0.39, 0.29) is 30.2 Å². The van der Waals surface area contributed by atoms with Gasteiger partial charge in [-0.25, -0.2) is 9.59 Å². The summed E-state index contributed by atoms with van der Waals surface area (Å²) in [7, 11) is 1.28. The van der Waals surface area contributed by atoms with Crippen LogP contribution in [-0.4, -0.2) is 43.3 Å². The highest BCUT2D eigenvalue weighted by Crippen LogP contribution is 2.28. The number of hydrogen-bond acceptors (Lipinski definition) is 8. The molecule has 28 heavy (non-hydrogen) atoms. The average Bonchev–Trinajstić information content (AvgIpc) is 3.35. The van der Waals surface area contributed by atoms with Gasteiger partial charge < -0.3 is 14.8 Å². The monoisotopic (exact) mass is 401 g/mol. The van der Waals surface area contributed by atoms with E-state index in [4.69, 9.17) is 9.47 Å². The van der Waals surface area contributed by atoms with Crippen LogP contribution in [0, 0.1) is 0 Å². The van der Waals surface area contributed by atoms with Crippen molar-refractivity contribution >= 4 is 45.6 Å². The Kier molecular flexibility index (Phi) is 6.05. The molecule has 0 radical (unpaired) electrons. The van der Waals surface area contributed by atoms with Crippen molar-refractivity contribution in [2.75, 3.05) is 24.0 Å². The maximum atomic E-state index is 13.0. The quantitative estimate of drug-likeness (QED) is 0.748. The Balaban J connectivity index is 1.85. The number of amides is 1. The minimum absolute atomic E-state index is 0.0957. The number of carbonyl (C=O) groups excluding carboxylic acids is 3. The topological polar surface area (TPSA) is 97.3 Å². The van der Waals surface area contributed by atoms with Gasteiger partial charge in [-0.3, -0.25) is 9.80 Å². The Morgan fingerprint density at radius 2 is 1.96 bits per heavy atom. The first-order chi connectivity index (χ1) is 13.5. The van der Waals surface area contributed by atoms with Crippen LogP contribution < -0.4 is 10.3 Å². The Morgan fingerprint density at radius 1 is 1.21 bits per heavy atom. The van der Waals surface area contributed by atoms with Crippen molar-refractivity contribution in [3.05, 3.63) is 47.3 Å². The number of benzene rings is 1. The van der Waals surface area contributed by atoms with E-state index in [2.05, 4.69) is 10.4 Å². The van der Waals surface area contributed by atoms with Crippen LogP contribution in [0.1, 0.15) is 23.7 Å². The molecule has 1 unspecified atom stereocenters. The number of para-hydroxylation sites is 1. The molecule has 8 nitrogen and oxygen atoms in total. The highest BCUT2D eigenvalue weighted by atomic mass is 32.1. The fraction of sp³-hybridized carbons (Fsp3) is 0.263. The minimum atomic E-state index is -0.755. The fourth-order valence-electron chi connectivity index (χ4n) is 2.74. The molecule has 1 aliphatic heterocycles. The van der Waals surface area contributed by atoms with Crippen LogP contribution in [0.4, 0.5) is 10.7 Å². The van der Waals surface area contributed by atoms with E-state index in [9.17, 15) is 14.4 Å². The SMILES string of the molecule is CCOC(=O)C1=NN(c2ccccc2)C(C(=O)Nc2sccc2C(=O)OC)C1. The maximum Gasteiger partial charge on any atom is 0.354 e. The summed E-state index contributed by atoms with van der Waals surface area (Å²) < 4.78 is 9.75. The van der Waals surface area contributed by atoms with Gasteiger partial charge in [-0.15, -0.1) is 11.3 Å². The van der Waals surface area contributed by atoms with Crippen molar-refractivity contribution in [2.45, 2.75) is 19.4 Å². The van der Waals surface area contributed by atoms with Gasteiger partial charge in [0.05, 0.1) is 25.0 Å². The third kappa shape index (κ3) is 4.04. The highest BCUT2D eigenvalue weighted by molar-refractivity contribution is 7.14. The summed E-state index contributed by atoms with van der Waals surface area (Å²) in [4.78, 5) is 36.9. The van der Waals surface area contributed by atoms with Crippen LogP contribution in [0.2, 0.25) is 0 Å². The molecule has 3 rings (SSSR count). The molecule has 1 amide bonds. The number of nitrogens with one attached hydrogen (secondary N) is 1. The van der Waals surface area contributed by atoms with Gasteiger partial charge in [0.2, 0.25) is 5.91 Å². The predicted molar refractivity (Wildman–Crippen MR) is 106 cm³/mol. The summed E-state index contributed by atoms with van der Waals surface area (Å²) in [5.41, 5.74) is 1.11. The van der Waals surface area contributed by atoms with Crippen LogP contribution in [0.5, 0.6) is 0 Å². The zero-order chi connectivity index (χ0) is 20.1. The molecule has 0 aliphatic carbocycles. The van der Waals surface area contributed by atoms with Gasteiger partial charge in [-0.05, 0) is 30.5 Å². The molecule has 9 heteroatoms. The number of nitrogens with zero attached hydrogens (tertiary/aromatic N) is 2. The molecule has 1 aromatic carbocycles. The molecule has 2 heterocycles. The molecule has 1 N–H and O–H groups in total. The van der Waals surface area contributed by atoms with Gasteiger partial charge in [0.15, 0.2) is 0 Å². The van der Waals surface area contributed by atoms with Crippen molar-refractivity contribution in [2.24, 2.45) is 5.10 Å². The van der Waals surface area contributed by atoms with Crippen molar-refractivity contribution < 1.29 is 23.9 Å². The van der Waals surface area contributed by atoms with Gasteiger partial charge in [-0.2, -0.15) is 5.10 Å². The van der Waals surface area contributed by atoms with Gasteiger partial charge in [0.25, 0.3) is 0 Å². The second-order valence-electron chi connectivity index (χ2n) is 5.81. The number of ether oxygens (including phenoxy) is 2. The predicted octanol–water partition coefficient (Wildman–Crippen LogP) is 2.67. The lowest BCUT2D eigenvalue weighted by Gasteiger charge is -2.22. The zero-order valence-corrected chi connectivity index (χ0v) is 16.2.